The predicted octanol–water partition coefficient (Wildman–Crippen LogP) is 4.15. The molecule has 1 aliphatic heterocycles. The third kappa shape index (κ3) is 2.14. The van der Waals surface area contributed by atoms with E-state index < -0.39 is 0 Å². The Hall–Kier alpha value is -1.20. The third-order valence-corrected chi connectivity index (χ3v) is 8.86. The smallest absolute Gasteiger partial charge is 0.305 e. The zero-order valence-electron chi connectivity index (χ0n) is 14.0. The summed E-state index contributed by atoms with van der Waals surface area (Å²) in [5, 5.41) is 1.85. The predicted molar refractivity (Wildman–Crippen MR) is 102 cm³/mol. The quantitative estimate of drug-likeness (QED) is 0.876. The van der Waals surface area contributed by atoms with Crippen molar-refractivity contribution in [1.82, 2.24) is 4.98 Å². The third-order valence-electron chi connectivity index (χ3n) is 6.23. The van der Waals surface area contributed by atoms with Crippen LogP contribution in [0.5, 0.6) is 0 Å². The van der Waals surface area contributed by atoms with E-state index in [1.807, 2.05) is 11.8 Å². The van der Waals surface area contributed by atoms with Gasteiger partial charge in [-0.1, -0.05) is 23.5 Å². The van der Waals surface area contributed by atoms with Gasteiger partial charge in [-0.2, -0.15) is 0 Å². The zero-order chi connectivity index (χ0) is 16.4. The number of H-pyrrole nitrogens is 1. The Labute approximate surface area is 150 Å². The number of anilines is 1. The molecule has 0 amide bonds. The second-order valence-corrected chi connectivity index (χ2v) is 9.87. The summed E-state index contributed by atoms with van der Waals surface area (Å²) in [7, 11) is 4.16. The number of hydrogen-bond acceptors (Lipinski definition) is 4. The summed E-state index contributed by atoms with van der Waals surface area (Å²) in [6, 6.07) is 9.00. The first kappa shape index (κ1) is 15.1. The molecule has 0 spiro atoms. The lowest BCUT2D eigenvalue weighted by molar-refractivity contribution is 0.307. The molecule has 0 radical (unpaired) electrons. The number of rotatable bonds is 2. The van der Waals surface area contributed by atoms with E-state index in [4.69, 9.17) is 0 Å². The molecule has 2 bridgehead atoms. The van der Waals surface area contributed by atoms with Crippen LogP contribution >= 0.6 is 23.1 Å². The van der Waals surface area contributed by atoms with E-state index in [0.717, 1.165) is 16.9 Å². The molecule has 0 saturated heterocycles. The first-order chi connectivity index (χ1) is 11.6. The lowest BCUT2D eigenvalue weighted by Crippen LogP contribution is -2.33. The molecule has 2 fully saturated rings. The summed E-state index contributed by atoms with van der Waals surface area (Å²) in [6.07, 6.45) is 4.16. The topological polar surface area (TPSA) is 36.1 Å². The largest absolute Gasteiger partial charge is 0.378 e. The fraction of sp³-hybridized carbons (Fsp3) is 0.526. The van der Waals surface area contributed by atoms with Crippen LogP contribution in [0.3, 0.4) is 0 Å². The number of nitrogens with one attached hydrogen (secondary N) is 1. The molecule has 3 nitrogen and oxygen atoms in total. The van der Waals surface area contributed by atoms with E-state index in [9.17, 15) is 4.79 Å². The van der Waals surface area contributed by atoms with Crippen LogP contribution in [0.4, 0.5) is 5.69 Å². The Balaban J connectivity index is 1.62. The molecule has 126 valence electrons. The van der Waals surface area contributed by atoms with Crippen molar-refractivity contribution in [2.24, 2.45) is 17.8 Å². The normalized spacial score (nSPS) is 33.3. The highest BCUT2D eigenvalue weighted by Crippen LogP contribution is 2.63. The highest BCUT2D eigenvalue weighted by molar-refractivity contribution is 8.00. The van der Waals surface area contributed by atoms with E-state index in [-0.39, 0.29) is 4.87 Å². The van der Waals surface area contributed by atoms with E-state index in [0.29, 0.717) is 17.1 Å². The van der Waals surface area contributed by atoms with Crippen molar-refractivity contribution in [1.29, 1.82) is 0 Å². The minimum absolute atomic E-state index is 0.106. The number of aromatic nitrogens is 1. The van der Waals surface area contributed by atoms with Gasteiger partial charge < -0.3 is 9.88 Å². The van der Waals surface area contributed by atoms with Gasteiger partial charge in [-0.05, 0) is 54.7 Å². The fourth-order valence-corrected chi connectivity index (χ4v) is 8.10. The second-order valence-electron chi connectivity index (χ2n) is 7.66. The molecule has 2 saturated carbocycles. The van der Waals surface area contributed by atoms with Gasteiger partial charge in [-0.3, -0.25) is 4.79 Å². The van der Waals surface area contributed by atoms with Gasteiger partial charge in [0.15, 0.2) is 0 Å². The molecular formula is C19H22N2OS2. The molecule has 5 atom stereocenters. The zero-order valence-corrected chi connectivity index (χ0v) is 15.6. The van der Waals surface area contributed by atoms with Crippen LogP contribution in [0.1, 0.15) is 35.6 Å². The fourth-order valence-electron chi connectivity index (χ4n) is 5.20. The number of nitrogens with zero attached hydrogens (tertiary/aromatic N) is 1. The van der Waals surface area contributed by atoms with Gasteiger partial charge in [0, 0.05) is 35.8 Å². The first-order valence-electron chi connectivity index (χ1n) is 8.79. The van der Waals surface area contributed by atoms with Crippen molar-refractivity contribution < 1.29 is 0 Å². The monoisotopic (exact) mass is 358 g/mol. The molecule has 1 aromatic carbocycles. The van der Waals surface area contributed by atoms with Crippen molar-refractivity contribution in [3.8, 4) is 0 Å². The molecule has 2 aromatic rings. The highest BCUT2D eigenvalue weighted by atomic mass is 32.2. The van der Waals surface area contributed by atoms with Crippen LogP contribution < -0.4 is 9.77 Å². The first-order valence-corrected chi connectivity index (χ1v) is 10.5. The summed E-state index contributed by atoms with van der Waals surface area (Å²) >= 11 is 3.40. The van der Waals surface area contributed by atoms with Gasteiger partial charge in [-0.25, -0.2) is 0 Å². The van der Waals surface area contributed by atoms with Crippen molar-refractivity contribution in [3.05, 3.63) is 44.4 Å². The van der Waals surface area contributed by atoms with E-state index in [1.165, 1.54) is 46.7 Å². The number of hydrogen-bond donors (Lipinski definition) is 1. The van der Waals surface area contributed by atoms with Crippen LogP contribution in [0.2, 0.25) is 0 Å². The Morgan fingerprint density at radius 2 is 1.88 bits per heavy atom. The van der Waals surface area contributed by atoms with Gasteiger partial charge >= 0.3 is 4.87 Å². The standard InChI is InChI=1S/C19H22N2OS2/c1-21(2)13-7-5-10(6-8-13)14-15-11-3-4-12(9-11)16(15)23-18-17(14)24-19(22)20-18/h5-8,11-12,14-16H,3-4,9H2,1-2H3,(H,20,22)/t11-,12-,14+,15-,16+/m0/s1. The van der Waals surface area contributed by atoms with E-state index in [2.05, 4.69) is 48.2 Å². The maximum absolute atomic E-state index is 12.0. The Morgan fingerprint density at radius 3 is 2.62 bits per heavy atom. The lowest BCUT2D eigenvalue weighted by Gasteiger charge is -2.40. The molecular weight excluding hydrogens is 336 g/mol. The second kappa shape index (κ2) is 5.40. The average molecular weight is 359 g/mol. The summed E-state index contributed by atoms with van der Waals surface area (Å²) in [5.74, 6) is 2.81. The SMILES string of the molecule is CN(C)c1ccc([C@H]2c3sc(=O)[nH]c3S[C@@H]3[C@H]4CC[C@@H](C4)[C@@H]23)cc1. The molecule has 1 aromatic heterocycles. The molecule has 1 N–H and O–H groups in total. The van der Waals surface area contributed by atoms with Crippen LogP contribution in [-0.4, -0.2) is 24.3 Å². The molecule has 2 heterocycles. The van der Waals surface area contributed by atoms with Gasteiger partial charge in [-0.15, -0.1) is 11.8 Å². The maximum Gasteiger partial charge on any atom is 0.305 e. The molecule has 2 aliphatic carbocycles. The summed E-state index contributed by atoms with van der Waals surface area (Å²) in [4.78, 5) is 18.7. The number of fused-ring (bicyclic) bond motifs is 6. The van der Waals surface area contributed by atoms with Crippen LogP contribution in [-0.2, 0) is 0 Å². The van der Waals surface area contributed by atoms with Crippen molar-refractivity contribution >= 4 is 28.8 Å². The van der Waals surface area contributed by atoms with Crippen molar-refractivity contribution in [2.45, 2.75) is 35.5 Å². The van der Waals surface area contributed by atoms with Crippen LogP contribution in [0.15, 0.2) is 34.1 Å². The minimum atomic E-state index is 0.106. The Bertz CT molecular complexity index is 823. The average Bonchev–Trinajstić information content (AvgIpc) is 3.26. The van der Waals surface area contributed by atoms with Crippen molar-refractivity contribution in [2.75, 3.05) is 19.0 Å². The van der Waals surface area contributed by atoms with Gasteiger partial charge in [0.25, 0.3) is 0 Å². The number of thioether (sulfide) groups is 1. The van der Waals surface area contributed by atoms with E-state index >= 15 is 0 Å². The van der Waals surface area contributed by atoms with E-state index in [1.54, 1.807) is 0 Å². The number of benzene rings is 1. The van der Waals surface area contributed by atoms with Crippen molar-refractivity contribution in [3.63, 3.8) is 0 Å². The molecule has 5 heteroatoms. The summed E-state index contributed by atoms with van der Waals surface area (Å²) in [6.45, 7) is 0. The maximum atomic E-state index is 12.0. The highest BCUT2D eigenvalue weighted by Gasteiger charge is 2.54. The number of aromatic amines is 1. The van der Waals surface area contributed by atoms with Gasteiger partial charge in [0.05, 0.1) is 5.03 Å². The van der Waals surface area contributed by atoms with Crippen LogP contribution in [0, 0.1) is 17.8 Å². The molecule has 5 rings (SSSR count). The molecule has 24 heavy (non-hydrogen) atoms. The summed E-state index contributed by atoms with van der Waals surface area (Å²) < 4.78 is 0. The Morgan fingerprint density at radius 1 is 1.12 bits per heavy atom. The number of thiazole rings is 1. The Kier molecular flexibility index (Phi) is 3.39. The molecule has 0 unspecified atom stereocenters. The van der Waals surface area contributed by atoms with Gasteiger partial charge in [0.1, 0.15) is 0 Å². The summed E-state index contributed by atoms with van der Waals surface area (Å²) in [5.41, 5.74) is 2.62. The van der Waals surface area contributed by atoms with Crippen LogP contribution in [0.25, 0.3) is 0 Å². The van der Waals surface area contributed by atoms with Gasteiger partial charge in [0.2, 0.25) is 0 Å². The lowest BCUT2D eigenvalue weighted by atomic mass is 9.75. The molecule has 3 aliphatic rings. The minimum Gasteiger partial charge on any atom is -0.378 e.